The Hall–Kier alpha value is -3.35. The van der Waals surface area contributed by atoms with Crippen molar-refractivity contribution in [2.75, 3.05) is 14.2 Å². The van der Waals surface area contributed by atoms with E-state index in [0.29, 0.717) is 23.6 Å². The fourth-order valence-electron chi connectivity index (χ4n) is 2.23. The third-order valence-electron chi connectivity index (χ3n) is 3.77. The van der Waals surface area contributed by atoms with Gasteiger partial charge in [-0.05, 0) is 48.9 Å². The minimum absolute atomic E-state index is 0.0963. The Morgan fingerprint density at radius 2 is 1.48 bits per heavy atom. The monoisotopic (exact) mass is 369 g/mol. The van der Waals surface area contributed by atoms with Crippen molar-refractivity contribution in [2.24, 2.45) is 5.10 Å². The van der Waals surface area contributed by atoms with Crippen LogP contribution in [0.15, 0.2) is 53.6 Å². The van der Waals surface area contributed by atoms with Crippen LogP contribution in [0.5, 0.6) is 11.5 Å². The summed E-state index contributed by atoms with van der Waals surface area (Å²) in [7, 11) is 3.16. The van der Waals surface area contributed by atoms with Crippen LogP contribution >= 0.6 is 0 Å². The number of nitrogens with zero attached hydrogens (tertiary/aromatic N) is 1. The Morgan fingerprint density at radius 1 is 0.926 bits per heavy atom. The van der Waals surface area contributed by atoms with Gasteiger partial charge in [0.1, 0.15) is 11.5 Å². The number of carbonyl (C=O) groups excluding carboxylic acids is 2. The summed E-state index contributed by atoms with van der Waals surface area (Å²) in [4.78, 5) is 24.0. The molecule has 0 bridgehead atoms. The zero-order valence-corrected chi connectivity index (χ0v) is 15.6. The molecule has 0 aromatic heterocycles. The zero-order valence-electron chi connectivity index (χ0n) is 15.6. The van der Waals surface area contributed by atoms with Gasteiger partial charge in [0.2, 0.25) is 5.91 Å². The molecule has 142 valence electrons. The second-order valence-corrected chi connectivity index (χ2v) is 5.82. The molecular weight excluding hydrogens is 346 g/mol. The molecule has 0 aliphatic rings. The fraction of sp³-hybridized carbons (Fsp3) is 0.250. The van der Waals surface area contributed by atoms with Gasteiger partial charge in [-0.2, -0.15) is 5.10 Å². The highest BCUT2D eigenvalue weighted by molar-refractivity contribution is 6.01. The topological polar surface area (TPSA) is 89.0 Å². The van der Waals surface area contributed by atoms with Crippen molar-refractivity contribution in [3.63, 3.8) is 0 Å². The number of benzene rings is 2. The van der Waals surface area contributed by atoms with Gasteiger partial charge in [-0.1, -0.05) is 12.1 Å². The lowest BCUT2D eigenvalue weighted by Gasteiger charge is -2.07. The molecule has 2 N–H and O–H groups in total. The Balaban J connectivity index is 1.79. The Morgan fingerprint density at radius 3 is 2.04 bits per heavy atom. The molecule has 2 aromatic carbocycles. The summed E-state index contributed by atoms with van der Waals surface area (Å²) >= 11 is 0. The van der Waals surface area contributed by atoms with Crippen molar-refractivity contribution in [2.45, 2.75) is 19.9 Å². The first-order valence-electron chi connectivity index (χ1n) is 8.39. The second-order valence-electron chi connectivity index (χ2n) is 5.82. The number of methoxy groups -OCH3 is 2. The summed E-state index contributed by atoms with van der Waals surface area (Å²) in [5.41, 5.74) is 4.37. The third-order valence-corrected chi connectivity index (χ3v) is 3.77. The van der Waals surface area contributed by atoms with E-state index in [1.54, 1.807) is 45.4 Å². The van der Waals surface area contributed by atoms with Crippen LogP contribution in [0, 0.1) is 0 Å². The lowest BCUT2D eigenvalue weighted by Crippen LogP contribution is -2.26. The van der Waals surface area contributed by atoms with Crippen LogP contribution in [0.1, 0.15) is 29.3 Å². The first-order chi connectivity index (χ1) is 13.0. The van der Waals surface area contributed by atoms with Crippen LogP contribution in [0.2, 0.25) is 0 Å². The Labute approximate surface area is 158 Å². The molecule has 2 aromatic rings. The van der Waals surface area contributed by atoms with E-state index in [0.717, 1.165) is 11.3 Å². The molecule has 0 heterocycles. The minimum Gasteiger partial charge on any atom is -0.497 e. The molecular formula is C20H23N3O4. The fourth-order valence-corrected chi connectivity index (χ4v) is 2.23. The third kappa shape index (κ3) is 6.47. The van der Waals surface area contributed by atoms with Crippen molar-refractivity contribution in [1.29, 1.82) is 0 Å². The Bertz CT molecular complexity index is 799. The molecule has 0 radical (unpaired) electrons. The predicted molar refractivity (Wildman–Crippen MR) is 103 cm³/mol. The van der Waals surface area contributed by atoms with Gasteiger partial charge >= 0.3 is 0 Å². The lowest BCUT2D eigenvalue weighted by atomic mass is 10.2. The van der Waals surface area contributed by atoms with E-state index < -0.39 is 0 Å². The molecule has 0 saturated carbocycles. The van der Waals surface area contributed by atoms with Crippen molar-refractivity contribution in [3.05, 3.63) is 59.7 Å². The predicted octanol–water partition coefficient (Wildman–Crippen LogP) is 2.52. The van der Waals surface area contributed by atoms with Gasteiger partial charge in [0.05, 0.1) is 20.6 Å². The maximum atomic E-state index is 12.0. The summed E-state index contributed by atoms with van der Waals surface area (Å²) in [6.45, 7) is 2.09. The highest BCUT2D eigenvalue weighted by atomic mass is 16.5. The van der Waals surface area contributed by atoms with Crippen LogP contribution < -0.4 is 20.2 Å². The summed E-state index contributed by atoms with van der Waals surface area (Å²) < 4.78 is 10.1. The molecule has 0 fully saturated rings. The first-order valence-corrected chi connectivity index (χ1v) is 8.39. The molecule has 2 rings (SSSR count). The molecule has 7 heteroatoms. The quantitative estimate of drug-likeness (QED) is 0.553. The summed E-state index contributed by atoms with van der Waals surface area (Å²) in [6, 6.07) is 14.1. The average Bonchev–Trinajstić information content (AvgIpc) is 2.71. The molecule has 7 nitrogen and oxygen atoms in total. The van der Waals surface area contributed by atoms with Crippen molar-refractivity contribution >= 4 is 17.5 Å². The van der Waals surface area contributed by atoms with E-state index in [-0.39, 0.29) is 18.2 Å². The molecule has 0 aliphatic carbocycles. The maximum Gasteiger partial charge on any atom is 0.271 e. The van der Waals surface area contributed by atoms with Crippen molar-refractivity contribution in [3.8, 4) is 11.5 Å². The van der Waals surface area contributed by atoms with Gasteiger partial charge in [-0.15, -0.1) is 0 Å². The van der Waals surface area contributed by atoms with Crippen LogP contribution in [-0.2, 0) is 11.3 Å². The van der Waals surface area contributed by atoms with Crippen molar-refractivity contribution in [1.82, 2.24) is 10.7 Å². The minimum atomic E-state index is -0.351. The number of nitrogens with one attached hydrogen (secondary N) is 2. The van der Waals surface area contributed by atoms with Crippen LogP contribution in [0.25, 0.3) is 0 Å². The van der Waals surface area contributed by atoms with E-state index in [1.807, 2.05) is 24.3 Å². The number of hydrogen-bond acceptors (Lipinski definition) is 5. The van der Waals surface area contributed by atoms with Crippen molar-refractivity contribution < 1.29 is 19.1 Å². The highest BCUT2D eigenvalue weighted by Crippen LogP contribution is 2.12. The van der Waals surface area contributed by atoms with Gasteiger partial charge in [0.15, 0.2) is 0 Å². The number of amides is 2. The molecule has 2 amide bonds. The van der Waals surface area contributed by atoms with Gasteiger partial charge in [0, 0.05) is 17.8 Å². The van der Waals surface area contributed by atoms with Gasteiger partial charge < -0.3 is 14.8 Å². The molecule has 0 unspecified atom stereocenters. The largest absolute Gasteiger partial charge is 0.497 e. The first kappa shape index (κ1) is 20.0. The number of carbonyl (C=O) groups is 2. The number of hydrogen-bond donors (Lipinski definition) is 2. The van der Waals surface area contributed by atoms with Crippen LogP contribution in [0.3, 0.4) is 0 Å². The number of ether oxygens (including phenoxy) is 2. The second kappa shape index (κ2) is 9.96. The van der Waals surface area contributed by atoms with E-state index in [4.69, 9.17) is 9.47 Å². The smallest absolute Gasteiger partial charge is 0.271 e. The van der Waals surface area contributed by atoms with Gasteiger partial charge in [0.25, 0.3) is 5.91 Å². The van der Waals surface area contributed by atoms with E-state index in [9.17, 15) is 9.59 Å². The molecule has 0 atom stereocenters. The summed E-state index contributed by atoms with van der Waals surface area (Å²) in [6.07, 6.45) is 0.0963. The maximum absolute atomic E-state index is 12.0. The SMILES string of the molecule is COc1ccc(CNC(=O)CC(C)=NNC(=O)c2ccc(OC)cc2)cc1. The number of hydrazone groups is 1. The summed E-state index contributed by atoms with van der Waals surface area (Å²) in [5.74, 6) is 0.904. The van der Waals surface area contributed by atoms with Gasteiger partial charge in [-0.25, -0.2) is 5.43 Å². The van der Waals surface area contributed by atoms with E-state index >= 15 is 0 Å². The zero-order chi connectivity index (χ0) is 19.6. The van der Waals surface area contributed by atoms with Gasteiger partial charge in [-0.3, -0.25) is 9.59 Å². The Kier molecular flexibility index (Phi) is 7.37. The molecule has 0 aliphatic heterocycles. The summed E-state index contributed by atoms with van der Waals surface area (Å²) in [5, 5.41) is 6.78. The standard InChI is InChI=1S/C20H23N3O4/c1-14(22-23-20(25)16-6-10-18(27-3)11-7-16)12-19(24)21-13-15-4-8-17(26-2)9-5-15/h4-11H,12-13H2,1-3H3,(H,21,24)(H,23,25). The van der Waals surface area contributed by atoms with E-state index in [2.05, 4.69) is 15.8 Å². The normalized spacial score (nSPS) is 10.9. The lowest BCUT2D eigenvalue weighted by molar-refractivity contribution is -0.120. The average molecular weight is 369 g/mol. The molecule has 0 spiro atoms. The van der Waals surface area contributed by atoms with Crippen LogP contribution in [-0.4, -0.2) is 31.7 Å². The van der Waals surface area contributed by atoms with Crippen LogP contribution in [0.4, 0.5) is 0 Å². The van der Waals surface area contributed by atoms with E-state index in [1.165, 1.54) is 0 Å². The molecule has 0 saturated heterocycles. The number of rotatable bonds is 8. The molecule has 27 heavy (non-hydrogen) atoms. The highest BCUT2D eigenvalue weighted by Gasteiger charge is 2.07.